The Labute approximate surface area is 150 Å². The van der Waals surface area contributed by atoms with Crippen molar-refractivity contribution in [3.05, 3.63) is 39.4 Å². The van der Waals surface area contributed by atoms with Crippen LogP contribution in [-0.4, -0.2) is 40.1 Å². The smallest absolute Gasteiger partial charge is 0.282 e. The predicted molar refractivity (Wildman–Crippen MR) is 92.7 cm³/mol. The quantitative estimate of drug-likeness (QED) is 0.504. The number of imide groups is 1. The SMILES string of the molecule is O=C(CN1C(=O)c2cccc([N+](=O)[O-])c2C1=O)NC1CCCCCCC1. The fraction of sp³-hybridized carbons (Fsp3) is 0.500. The molecule has 0 spiro atoms. The minimum absolute atomic E-state index is 0.0250. The van der Waals surface area contributed by atoms with Crippen LogP contribution in [0, 0.1) is 10.1 Å². The van der Waals surface area contributed by atoms with Crippen LogP contribution in [0.1, 0.15) is 65.7 Å². The number of nitro benzene ring substituents is 1. The molecule has 0 bridgehead atoms. The first-order chi connectivity index (χ1) is 12.5. The summed E-state index contributed by atoms with van der Waals surface area (Å²) in [7, 11) is 0. The number of hydrogen-bond donors (Lipinski definition) is 1. The second kappa shape index (κ2) is 7.63. The number of benzene rings is 1. The van der Waals surface area contributed by atoms with Crippen molar-refractivity contribution in [1.29, 1.82) is 0 Å². The van der Waals surface area contributed by atoms with Gasteiger partial charge in [0.1, 0.15) is 12.1 Å². The number of carbonyl (C=O) groups is 3. The van der Waals surface area contributed by atoms with E-state index in [1.54, 1.807) is 0 Å². The second-order valence-electron chi connectivity index (χ2n) is 6.76. The maximum absolute atomic E-state index is 12.5. The first-order valence-corrected chi connectivity index (χ1v) is 8.92. The van der Waals surface area contributed by atoms with Gasteiger partial charge in [0.05, 0.1) is 10.5 Å². The van der Waals surface area contributed by atoms with Gasteiger partial charge in [-0.1, -0.05) is 38.2 Å². The van der Waals surface area contributed by atoms with Gasteiger partial charge in [0.25, 0.3) is 17.5 Å². The van der Waals surface area contributed by atoms with Gasteiger partial charge in [-0.15, -0.1) is 0 Å². The molecule has 1 heterocycles. The molecule has 2 aliphatic rings. The molecule has 1 N–H and O–H groups in total. The number of hydrogen-bond acceptors (Lipinski definition) is 5. The lowest BCUT2D eigenvalue weighted by Crippen LogP contribution is -2.44. The lowest BCUT2D eigenvalue weighted by Gasteiger charge is -2.22. The van der Waals surface area contributed by atoms with E-state index in [0.717, 1.165) is 43.4 Å². The van der Waals surface area contributed by atoms with Crippen molar-refractivity contribution in [3.8, 4) is 0 Å². The molecule has 1 aliphatic carbocycles. The Morgan fingerprint density at radius 1 is 1.12 bits per heavy atom. The molecular weight excluding hydrogens is 338 g/mol. The normalized spacial score (nSPS) is 18.2. The highest BCUT2D eigenvalue weighted by molar-refractivity contribution is 6.24. The molecule has 8 nitrogen and oxygen atoms in total. The number of fused-ring (bicyclic) bond motifs is 1. The number of nitro groups is 1. The van der Waals surface area contributed by atoms with E-state index in [0.29, 0.717) is 0 Å². The average molecular weight is 359 g/mol. The molecule has 0 radical (unpaired) electrons. The van der Waals surface area contributed by atoms with Gasteiger partial charge in [0.2, 0.25) is 5.91 Å². The number of nitrogens with one attached hydrogen (secondary N) is 1. The fourth-order valence-corrected chi connectivity index (χ4v) is 3.63. The Morgan fingerprint density at radius 2 is 1.77 bits per heavy atom. The number of amides is 3. The van der Waals surface area contributed by atoms with E-state index >= 15 is 0 Å². The molecule has 1 aromatic rings. The molecule has 3 rings (SSSR count). The molecule has 3 amide bonds. The molecule has 0 aromatic heterocycles. The highest BCUT2D eigenvalue weighted by Crippen LogP contribution is 2.30. The van der Waals surface area contributed by atoms with Gasteiger partial charge >= 0.3 is 0 Å². The maximum Gasteiger partial charge on any atom is 0.282 e. The van der Waals surface area contributed by atoms with Crippen molar-refractivity contribution in [3.63, 3.8) is 0 Å². The minimum Gasteiger partial charge on any atom is -0.352 e. The summed E-state index contributed by atoms with van der Waals surface area (Å²) < 4.78 is 0. The summed E-state index contributed by atoms with van der Waals surface area (Å²) in [5, 5.41) is 14.0. The molecule has 0 saturated heterocycles. The van der Waals surface area contributed by atoms with Crippen molar-refractivity contribution in [2.75, 3.05) is 6.54 Å². The van der Waals surface area contributed by atoms with Crippen LogP contribution < -0.4 is 5.32 Å². The molecule has 1 aliphatic heterocycles. The van der Waals surface area contributed by atoms with Crippen molar-refractivity contribution in [2.24, 2.45) is 0 Å². The van der Waals surface area contributed by atoms with Crippen molar-refractivity contribution in [1.82, 2.24) is 10.2 Å². The molecule has 8 heteroatoms. The van der Waals surface area contributed by atoms with E-state index in [2.05, 4.69) is 5.32 Å². The van der Waals surface area contributed by atoms with E-state index in [9.17, 15) is 24.5 Å². The van der Waals surface area contributed by atoms with Gasteiger partial charge in [-0.25, -0.2) is 0 Å². The van der Waals surface area contributed by atoms with Crippen LogP contribution in [0.3, 0.4) is 0 Å². The molecule has 0 unspecified atom stereocenters. The molecule has 26 heavy (non-hydrogen) atoms. The monoisotopic (exact) mass is 359 g/mol. The molecule has 138 valence electrons. The van der Waals surface area contributed by atoms with Crippen molar-refractivity contribution in [2.45, 2.75) is 51.0 Å². The predicted octanol–water partition coefficient (Wildman–Crippen LogP) is 2.42. The van der Waals surface area contributed by atoms with E-state index in [1.807, 2.05) is 0 Å². The minimum atomic E-state index is -0.787. The average Bonchev–Trinajstić information content (AvgIpc) is 2.82. The summed E-state index contributed by atoms with van der Waals surface area (Å²) in [5.74, 6) is -1.86. The summed E-state index contributed by atoms with van der Waals surface area (Å²) in [4.78, 5) is 48.4. The van der Waals surface area contributed by atoms with E-state index in [1.165, 1.54) is 24.6 Å². The summed E-state index contributed by atoms with van der Waals surface area (Å²) >= 11 is 0. The van der Waals surface area contributed by atoms with Gasteiger partial charge in [-0.3, -0.25) is 29.4 Å². The van der Waals surface area contributed by atoms with Gasteiger partial charge in [0, 0.05) is 12.1 Å². The van der Waals surface area contributed by atoms with Crippen LogP contribution in [0.4, 0.5) is 5.69 Å². The van der Waals surface area contributed by atoms with Crippen LogP contribution in [0.25, 0.3) is 0 Å². The summed E-state index contributed by atoms with van der Waals surface area (Å²) in [5.41, 5.74) is -0.673. The van der Waals surface area contributed by atoms with Gasteiger partial charge in [0.15, 0.2) is 0 Å². The van der Waals surface area contributed by atoms with Crippen LogP contribution in [0.2, 0.25) is 0 Å². The Morgan fingerprint density at radius 3 is 2.42 bits per heavy atom. The van der Waals surface area contributed by atoms with Crippen LogP contribution in [-0.2, 0) is 4.79 Å². The third-order valence-electron chi connectivity index (χ3n) is 4.95. The number of carbonyl (C=O) groups excluding carboxylic acids is 3. The van der Waals surface area contributed by atoms with Gasteiger partial charge in [-0.05, 0) is 18.9 Å². The lowest BCUT2D eigenvalue weighted by molar-refractivity contribution is -0.385. The first-order valence-electron chi connectivity index (χ1n) is 8.92. The Bertz CT molecular complexity index is 753. The zero-order valence-corrected chi connectivity index (χ0v) is 14.4. The molecule has 1 saturated carbocycles. The van der Waals surface area contributed by atoms with Gasteiger partial charge < -0.3 is 5.32 Å². The Hall–Kier alpha value is -2.77. The summed E-state index contributed by atoms with van der Waals surface area (Å²) in [6.45, 7) is -0.417. The van der Waals surface area contributed by atoms with E-state index < -0.39 is 34.9 Å². The fourth-order valence-electron chi connectivity index (χ4n) is 3.63. The second-order valence-corrected chi connectivity index (χ2v) is 6.76. The highest BCUT2D eigenvalue weighted by Gasteiger charge is 2.41. The maximum atomic E-state index is 12.5. The standard InChI is InChI=1S/C18H21N3O5/c22-15(19-12-7-4-2-1-3-5-8-12)11-20-17(23)13-9-6-10-14(21(25)26)16(13)18(20)24/h6,9-10,12H,1-5,7-8,11H2,(H,19,22). The Balaban J connectivity index is 1.69. The highest BCUT2D eigenvalue weighted by atomic mass is 16.6. The van der Waals surface area contributed by atoms with Crippen LogP contribution in [0.15, 0.2) is 18.2 Å². The van der Waals surface area contributed by atoms with Gasteiger partial charge in [-0.2, -0.15) is 0 Å². The van der Waals surface area contributed by atoms with Crippen molar-refractivity contribution >= 4 is 23.4 Å². The van der Waals surface area contributed by atoms with E-state index in [4.69, 9.17) is 0 Å². The van der Waals surface area contributed by atoms with E-state index in [-0.39, 0.29) is 17.2 Å². The first kappa shape index (κ1) is 18.0. The molecular formula is C18H21N3O5. The topological polar surface area (TPSA) is 110 Å². The van der Waals surface area contributed by atoms with Crippen molar-refractivity contribution < 1.29 is 19.3 Å². The largest absolute Gasteiger partial charge is 0.352 e. The zero-order valence-electron chi connectivity index (χ0n) is 14.4. The number of nitrogens with zero attached hydrogens (tertiary/aromatic N) is 2. The summed E-state index contributed by atoms with van der Waals surface area (Å²) in [6.07, 6.45) is 7.38. The molecule has 1 aromatic carbocycles. The third-order valence-corrected chi connectivity index (χ3v) is 4.95. The molecule has 0 atom stereocenters. The summed E-state index contributed by atoms with van der Waals surface area (Å²) in [6, 6.07) is 3.96. The van der Waals surface area contributed by atoms with Crippen LogP contribution >= 0.6 is 0 Å². The van der Waals surface area contributed by atoms with Crippen LogP contribution in [0.5, 0.6) is 0 Å². The molecule has 1 fully saturated rings. The third kappa shape index (κ3) is 3.58. The number of rotatable bonds is 4. The lowest BCUT2D eigenvalue weighted by atomic mass is 9.97. The Kier molecular flexibility index (Phi) is 5.29. The zero-order chi connectivity index (χ0) is 18.7.